The Hall–Kier alpha value is -0.880. The summed E-state index contributed by atoms with van der Waals surface area (Å²) in [5.41, 5.74) is 0. The molecule has 114 valence electrons. The lowest BCUT2D eigenvalue weighted by Crippen LogP contribution is -2.45. The molecule has 1 aromatic heterocycles. The Labute approximate surface area is 121 Å². The van der Waals surface area contributed by atoms with Crippen molar-refractivity contribution in [1.82, 2.24) is 9.80 Å². The van der Waals surface area contributed by atoms with Crippen molar-refractivity contribution in [2.24, 2.45) is 0 Å². The highest BCUT2D eigenvalue weighted by Gasteiger charge is 2.22. The second-order valence-corrected chi connectivity index (χ2v) is 5.74. The molecule has 0 bridgehead atoms. The zero-order valence-corrected chi connectivity index (χ0v) is 12.5. The Balaban J connectivity index is 1.59. The number of aliphatic hydroxyl groups is 1. The molecule has 0 spiro atoms. The van der Waals surface area contributed by atoms with E-state index in [1.54, 1.807) is 6.26 Å². The number of rotatable bonds is 7. The summed E-state index contributed by atoms with van der Waals surface area (Å²) >= 11 is 0. The van der Waals surface area contributed by atoms with Gasteiger partial charge in [-0.25, -0.2) is 0 Å². The van der Waals surface area contributed by atoms with E-state index in [1.807, 2.05) is 12.1 Å². The highest BCUT2D eigenvalue weighted by molar-refractivity contribution is 4.96. The number of aliphatic hydroxyl groups excluding tert-OH is 1. The van der Waals surface area contributed by atoms with Crippen molar-refractivity contribution >= 4 is 0 Å². The van der Waals surface area contributed by atoms with Gasteiger partial charge in [-0.3, -0.25) is 0 Å². The molecule has 1 aromatic rings. The molecule has 0 saturated carbocycles. The van der Waals surface area contributed by atoms with Gasteiger partial charge in [-0.1, -0.05) is 0 Å². The van der Waals surface area contributed by atoms with Crippen LogP contribution in [0.5, 0.6) is 0 Å². The van der Waals surface area contributed by atoms with Crippen LogP contribution >= 0.6 is 0 Å². The number of hydrogen-bond acceptors (Lipinski definition) is 5. The Bertz CT molecular complexity index is 359. The average Bonchev–Trinajstić information content (AvgIpc) is 2.92. The van der Waals surface area contributed by atoms with Gasteiger partial charge in [-0.2, -0.15) is 0 Å². The molecule has 1 fully saturated rings. The molecule has 1 aliphatic rings. The molecule has 1 aliphatic heterocycles. The van der Waals surface area contributed by atoms with Crippen molar-refractivity contribution in [3.63, 3.8) is 0 Å². The second kappa shape index (κ2) is 7.78. The molecule has 0 amide bonds. The third-order valence-corrected chi connectivity index (χ3v) is 3.89. The van der Waals surface area contributed by atoms with Crippen molar-refractivity contribution in [2.75, 3.05) is 40.3 Å². The maximum absolute atomic E-state index is 10.00. The largest absolute Gasteiger partial charge is 0.467 e. The van der Waals surface area contributed by atoms with E-state index in [0.717, 1.165) is 18.8 Å². The lowest BCUT2D eigenvalue weighted by atomic mass is 10.0. The van der Waals surface area contributed by atoms with Crippen molar-refractivity contribution in [2.45, 2.75) is 31.6 Å². The van der Waals surface area contributed by atoms with Gasteiger partial charge in [0.25, 0.3) is 0 Å². The molecule has 0 aliphatic carbocycles. The minimum atomic E-state index is -0.430. The summed E-state index contributed by atoms with van der Waals surface area (Å²) in [4.78, 5) is 4.61. The third kappa shape index (κ3) is 4.90. The lowest BCUT2D eigenvalue weighted by molar-refractivity contribution is -0.000959. The van der Waals surface area contributed by atoms with Crippen molar-refractivity contribution < 1.29 is 14.3 Å². The van der Waals surface area contributed by atoms with Crippen molar-refractivity contribution in [3.8, 4) is 0 Å². The van der Waals surface area contributed by atoms with E-state index < -0.39 is 6.10 Å². The van der Waals surface area contributed by atoms with Crippen LogP contribution < -0.4 is 0 Å². The molecule has 0 radical (unpaired) electrons. The number of furan rings is 1. The third-order valence-electron chi connectivity index (χ3n) is 3.89. The van der Waals surface area contributed by atoms with E-state index in [1.165, 1.54) is 12.8 Å². The van der Waals surface area contributed by atoms with E-state index in [-0.39, 0.29) is 0 Å². The summed E-state index contributed by atoms with van der Waals surface area (Å²) in [5.74, 6) is 0.795. The first-order valence-corrected chi connectivity index (χ1v) is 7.32. The Morgan fingerprint density at radius 3 is 2.80 bits per heavy atom. The molecule has 0 aromatic carbocycles. The van der Waals surface area contributed by atoms with Gasteiger partial charge < -0.3 is 24.1 Å². The molecule has 2 rings (SSSR count). The minimum absolute atomic E-state index is 0.355. The molecule has 1 N–H and O–H groups in total. The van der Waals surface area contributed by atoms with Gasteiger partial charge in [-0.15, -0.1) is 0 Å². The van der Waals surface area contributed by atoms with Gasteiger partial charge in [0.2, 0.25) is 0 Å². The van der Waals surface area contributed by atoms with E-state index in [9.17, 15) is 5.11 Å². The molecule has 1 unspecified atom stereocenters. The summed E-state index contributed by atoms with van der Waals surface area (Å²) in [7, 11) is 4.27. The fraction of sp³-hybridized carbons (Fsp3) is 0.733. The maximum Gasteiger partial charge on any atom is 0.129 e. The fourth-order valence-corrected chi connectivity index (χ4v) is 2.66. The highest BCUT2D eigenvalue weighted by Crippen LogP contribution is 2.14. The topological polar surface area (TPSA) is 49.1 Å². The molecule has 1 atom stereocenters. The van der Waals surface area contributed by atoms with Gasteiger partial charge in [0.1, 0.15) is 12.4 Å². The molecule has 5 nitrogen and oxygen atoms in total. The van der Waals surface area contributed by atoms with Gasteiger partial charge >= 0.3 is 0 Å². The zero-order chi connectivity index (χ0) is 14.4. The number of ether oxygens (including phenoxy) is 1. The summed E-state index contributed by atoms with van der Waals surface area (Å²) in [6.07, 6.45) is 3.55. The Morgan fingerprint density at radius 1 is 1.45 bits per heavy atom. The maximum atomic E-state index is 10.00. The Morgan fingerprint density at radius 2 is 2.20 bits per heavy atom. The van der Waals surface area contributed by atoms with Crippen LogP contribution in [-0.4, -0.2) is 67.4 Å². The van der Waals surface area contributed by atoms with Crippen LogP contribution in [0.4, 0.5) is 0 Å². The van der Waals surface area contributed by atoms with E-state index in [4.69, 9.17) is 9.15 Å². The number of piperidine rings is 1. The standard InChI is InChI=1S/C15H26N2O3/c1-16(2)13-5-7-17(8-6-13)10-14(18)11-19-12-15-4-3-9-20-15/h3-4,9,13-14,18H,5-8,10-12H2,1-2H3. The monoisotopic (exact) mass is 282 g/mol. The van der Waals surface area contributed by atoms with Crippen LogP contribution in [0.15, 0.2) is 22.8 Å². The van der Waals surface area contributed by atoms with E-state index >= 15 is 0 Å². The predicted octanol–water partition coefficient (Wildman–Crippen LogP) is 1.18. The highest BCUT2D eigenvalue weighted by atomic mass is 16.5. The van der Waals surface area contributed by atoms with Gasteiger partial charge in [0.15, 0.2) is 0 Å². The average molecular weight is 282 g/mol. The molecule has 2 heterocycles. The first-order chi connectivity index (χ1) is 9.65. The van der Waals surface area contributed by atoms with Crippen LogP contribution in [0, 0.1) is 0 Å². The number of likely N-dealkylation sites (tertiary alicyclic amines) is 1. The minimum Gasteiger partial charge on any atom is -0.467 e. The molecule has 5 heteroatoms. The van der Waals surface area contributed by atoms with Gasteiger partial charge in [-0.05, 0) is 52.2 Å². The zero-order valence-electron chi connectivity index (χ0n) is 12.5. The summed E-state index contributed by atoms with van der Waals surface area (Å²) in [6.45, 7) is 3.58. The van der Waals surface area contributed by atoms with E-state index in [0.29, 0.717) is 25.8 Å². The molecular weight excluding hydrogens is 256 g/mol. The fourth-order valence-electron chi connectivity index (χ4n) is 2.66. The number of hydrogen-bond donors (Lipinski definition) is 1. The van der Waals surface area contributed by atoms with Crippen LogP contribution in [0.2, 0.25) is 0 Å². The van der Waals surface area contributed by atoms with Crippen LogP contribution in [0.3, 0.4) is 0 Å². The number of β-amino-alcohol motifs (C(OH)–C–C–N with tert-alkyl or cyclic N) is 1. The predicted molar refractivity (Wildman–Crippen MR) is 77.5 cm³/mol. The van der Waals surface area contributed by atoms with Crippen LogP contribution in [0.25, 0.3) is 0 Å². The van der Waals surface area contributed by atoms with Crippen LogP contribution in [0.1, 0.15) is 18.6 Å². The smallest absolute Gasteiger partial charge is 0.129 e. The quantitative estimate of drug-likeness (QED) is 0.814. The lowest BCUT2D eigenvalue weighted by Gasteiger charge is -2.35. The molecule has 20 heavy (non-hydrogen) atoms. The van der Waals surface area contributed by atoms with Gasteiger partial charge in [0, 0.05) is 12.6 Å². The molecule has 1 saturated heterocycles. The summed E-state index contributed by atoms with van der Waals surface area (Å²) in [5, 5.41) is 10.00. The first-order valence-electron chi connectivity index (χ1n) is 7.32. The van der Waals surface area contributed by atoms with E-state index in [2.05, 4.69) is 23.9 Å². The Kier molecular flexibility index (Phi) is 6.04. The van der Waals surface area contributed by atoms with Crippen LogP contribution in [-0.2, 0) is 11.3 Å². The van der Waals surface area contributed by atoms with Crippen molar-refractivity contribution in [1.29, 1.82) is 0 Å². The second-order valence-electron chi connectivity index (χ2n) is 5.74. The van der Waals surface area contributed by atoms with Gasteiger partial charge in [0.05, 0.1) is 19.0 Å². The first kappa shape index (κ1) is 15.5. The number of nitrogens with zero attached hydrogens (tertiary/aromatic N) is 2. The summed E-state index contributed by atoms with van der Waals surface area (Å²) in [6, 6.07) is 4.39. The van der Waals surface area contributed by atoms with Crippen molar-refractivity contribution in [3.05, 3.63) is 24.2 Å². The SMILES string of the molecule is CN(C)C1CCN(CC(O)COCc2ccco2)CC1. The normalized spacial score (nSPS) is 19.6. The molecular formula is C15H26N2O3. The summed E-state index contributed by atoms with van der Waals surface area (Å²) < 4.78 is 10.6.